The van der Waals surface area contributed by atoms with Crippen molar-refractivity contribution in [2.75, 3.05) is 30.9 Å². The normalized spacial score (nSPS) is 10.5. The van der Waals surface area contributed by atoms with Gasteiger partial charge in [-0.2, -0.15) is 4.37 Å². The first-order valence-corrected chi connectivity index (χ1v) is 7.80. The van der Waals surface area contributed by atoms with E-state index < -0.39 is 0 Å². The molecule has 1 aromatic carbocycles. The maximum Gasteiger partial charge on any atom is 0.243 e. The predicted octanol–water partition coefficient (Wildman–Crippen LogP) is 3.07. The highest BCUT2D eigenvalue weighted by Gasteiger charge is 2.13. The number of amides is 1. The molecule has 1 amide bonds. The van der Waals surface area contributed by atoms with E-state index in [2.05, 4.69) is 14.7 Å². The van der Waals surface area contributed by atoms with Crippen LogP contribution in [0.1, 0.15) is 5.82 Å². The third kappa shape index (κ3) is 4.54. The number of methoxy groups -OCH3 is 1. The summed E-state index contributed by atoms with van der Waals surface area (Å²) in [5.74, 6) is 0.406. The van der Waals surface area contributed by atoms with Crippen molar-refractivity contribution in [2.45, 2.75) is 6.61 Å². The van der Waals surface area contributed by atoms with Crippen LogP contribution in [0.5, 0.6) is 0 Å². The average Bonchev–Trinajstić information content (AvgIpc) is 2.92. The molecule has 0 saturated carbocycles. The molecule has 0 aliphatic carbocycles. The number of nitrogens with zero attached hydrogens (tertiary/aromatic N) is 3. The molecule has 0 atom stereocenters. The zero-order chi connectivity index (χ0) is 16.1. The van der Waals surface area contributed by atoms with Gasteiger partial charge in [-0.15, -0.1) is 0 Å². The fraction of sp³-hybridized carbons (Fsp3) is 0.308. The second kappa shape index (κ2) is 7.73. The molecule has 2 rings (SSSR count). The number of hydrogen-bond donors (Lipinski definition) is 1. The number of hydrogen-bond acceptors (Lipinski definition) is 6. The highest BCUT2D eigenvalue weighted by atomic mass is 35.5. The van der Waals surface area contributed by atoms with Crippen molar-refractivity contribution in [3.05, 3.63) is 34.1 Å². The number of likely N-dealkylation sites (N-methyl/N-ethyl adjacent to an activating group) is 1. The van der Waals surface area contributed by atoms with Crippen LogP contribution < -0.4 is 10.2 Å². The topological polar surface area (TPSA) is 67.3 Å². The summed E-state index contributed by atoms with van der Waals surface area (Å²) in [6.07, 6.45) is 0. The van der Waals surface area contributed by atoms with Gasteiger partial charge < -0.3 is 15.0 Å². The number of rotatable bonds is 6. The molecule has 0 radical (unpaired) electrons. The van der Waals surface area contributed by atoms with Crippen molar-refractivity contribution < 1.29 is 9.53 Å². The van der Waals surface area contributed by atoms with Crippen molar-refractivity contribution in [3.8, 4) is 0 Å². The van der Waals surface area contributed by atoms with Crippen molar-refractivity contribution in [3.63, 3.8) is 0 Å². The van der Waals surface area contributed by atoms with Crippen LogP contribution in [0.4, 0.5) is 10.8 Å². The van der Waals surface area contributed by atoms with Crippen LogP contribution in [0.3, 0.4) is 0 Å². The van der Waals surface area contributed by atoms with Gasteiger partial charge in [0.15, 0.2) is 5.82 Å². The Hall–Kier alpha value is -1.41. The van der Waals surface area contributed by atoms with Crippen LogP contribution in [0, 0.1) is 0 Å². The molecule has 1 heterocycles. The monoisotopic (exact) mass is 360 g/mol. The molecule has 0 spiro atoms. The molecule has 22 heavy (non-hydrogen) atoms. The molecule has 0 bridgehead atoms. The average molecular weight is 361 g/mol. The Balaban J connectivity index is 1.94. The van der Waals surface area contributed by atoms with Gasteiger partial charge in [0.05, 0.1) is 16.6 Å². The summed E-state index contributed by atoms with van der Waals surface area (Å²) in [6, 6.07) is 4.92. The van der Waals surface area contributed by atoms with Crippen LogP contribution >= 0.6 is 34.7 Å². The Morgan fingerprint density at radius 2 is 2.18 bits per heavy atom. The molecular formula is C13H14Cl2N4O2S. The van der Waals surface area contributed by atoms with E-state index in [-0.39, 0.29) is 12.5 Å². The maximum atomic E-state index is 12.0. The van der Waals surface area contributed by atoms with E-state index in [0.29, 0.717) is 33.3 Å². The van der Waals surface area contributed by atoms with Crippen molar-refractivity contribution in [2.24, 2.45) is 0 Å². The predicted molar refractivity (Wildman–Crippen MR) is 89.0 cm³/mol. The van der Waals surface area contributed by atoms with Gasteiger partial charge in [-0.3, -0.25) is 4.79 Å². The van der Waals surface area contributed by atoms with Crippen molar-refractivity contribution >= 4 is 51.5 Å². The zero-order valence-electron chi connectivity index (χ0n) is 12.0. The Morgan fingerprint density at radius 3 is 2.86 bits per heavy atom. The van der Waals surface area contributed by atoms with Gasteiger partial charge in [-0.25, -0.2) is 4.98 Å². The molecule has 1 N–H and O–H groups in total. The standard InChI is InChI=1S/C13H14Cl2N4O2S/c1-19(13-17-11(7-21-2)18-22-13)6-12(20)16-8-3-4-9(14)10(15)5-8/h3-5H,6-7H2,1-2H3,(H,16,20). The number of anilines is 2. The first-order valence-electron chi connectivity index (χ1n) is 6.27. The highest BCUT2D eigenvalue weighted by molar-refractivity contribution is 7.09. The van der Waals surface area contributed by atoms with Gasteiger partial charge in [0.1, 0.15) is 6.61 Å². The minimum atomic E-state index is -0.190. The largest absolute Gasteiger partial charge is 0.377 e. The van der Waals surface area contributed by atoms with Gasteiger partial charge in [0.25, 0.3) is 0 Å². The Kier molecular flexibility index (Phi) is 5.96. The first kappa shape index (κ1) is 17.0. The fourth-order valence-corrected chi connectivity index (χ4v) is 2.57. The van der Waals surface area contributed by atoms with E-state index in [1.807, 2.05) is 0 Å². The summed E-state index contributed by atoms with van der Waals surface area (Å²) < 4.78 is 9.10. The quantitative estimate of drug-likeness (QED) is 0.857. The Bertz CT molecular complexity index is 665. The second-order valence-corrected chi connectivity index (χ2v) is 6.00. The van der Waals surface area contributed by atoms with Crippen LogP contribution in [0.15, 0.2) is 18.2 Å². The summed E-state index contributed by atoms with van der Waals surface area (Å²) in [5, 5.41) is 4.23. The van der Waals surface area contributed by atoms with Gasteiger partial charge in [0, 0.05) is 31.4 Å². The smallest absolute Gasteiger partial charge is 0.243 e. The number of halogens is 2. The molecule has 0 unspecified atom stereocenters. The number of benzene rings is 1. The van der Waals surface area contributed by atoms with Crippen LogP contribution in [-0.4, -0.2) is 36.0 Å². The van der Waals surface area contributed by atoms with Crippen LogP contribution in [0.25, 0.3) is 0 Å². The summed E-state index contributed by atoms with van der Waals surface area (Å²) in [5.41, 5.74) is 0.588. The second-order valence-electron chi connectivity index (χ2n) is 4.46. The summed E-state index contributed by atoms with van der Waals surface area (Å²) in [4.78, 5) is 18.0. The number of aromatic nitrogens is 2. The molecule has 6 nitrogen and oxygen atoms in total. The maximum absolute atomic E-state index is 12.0. The Labute approximate surface area is 142 Å². The molecule has 0 aliphatic rings. The lowest BCUT2D eigenvalue weighted by molar-refractivity contribution is -0.114. The molecule has 0 fully saturated rings. The number of carbonyl (C=O) groups is 1. The third-order valence-electron chi connectivity index (χ3n) is 2.64. The van der Waals surface area contributed by atoms with Crippen LogP contribution in [-0.2, 0) is 16.1 Å². The lowest BCUT2D eigenvalue weighted by Gasteiger charge is -2.14. The van der Waals surface area contributed by atoms with E-state index in [0.717, 1.165) is 0 Å². The molecule has 9 heteroatoms. The number of carbonyl (C=O) groups excluding carboxylic acids is 1. The summed E-state index contributed by atoms with van der Waals surface area (Å²) in [6.45, 7) is 0.488. The van der Waals surface area contributed by atoms with Gasteiger partial charge >= 0.3 is 0 Å². The molecule has 0 saturated heterocycles. The van der Waals surface area contributed by atoms with E-state index >= 15 is 0 Å². The van der Waals surface area contributed by atoms with Crippen molar-refractivity contribution in [1.29, 1.82) is 0 Å². The fourth-order valence-electron chi connectivity index (χ4n) is 1.64. The van der Waals surface area contributed by atoms with Gasteiger partial charge in [0.2, 0.25) is 11.0 Å². The zero-order valence-corrected chi connectivity index (χ0v) is 14.3. The number of ether oxygens (including phenoxy) is 1. The first-order chi connectivity index (χ1) is 10.5. The molecule has 0 aliphatic heterocycles. The van der Waals surface area contributed by atoms with E-state index in [9.17, 15) is 4.79 Å². The van der Waals surface area contributed by atoms with Gasteiger partial charge in [-0.1, -0.05) is 23.2 Å². The molecule has 1 aromatic heterocycles. The van der Waals surface area contributed by atoms with E-state index in [1.54, 1.807) is 37.3 Å². The molecular weight excluding hydrogens is 347 g/mol. The van der Waals surface area contributed by atoms with E-state index in [1.165, 1.54) is 11.5 Å². The SMILES string of the molecule is COCc1nsc(N(C)CC(=O)Nc2ccc(Cl)c(Cl)c2)n1. The Morgan fingerprint density at radius 1 is 1.41 bits per heavy atom. The summed E-state index contributed by atoms with van der Waals surface area (Å²) in [7, 11) is 3.35. The molecule has 2 aromatic rings. The van der Waals surface area contributed by atoms with Gasteiger partial charge in [-0.05, 0) is 18.2 Å². The lowest BCUT2D eigenvalue weighted by Crippen LogP contribution is -2.30. The minimum absolute atomic E-state index is 0.141. The van der Waals surface area contributed by atoms with E-state index in [4.69, 9.17) is 27.9 Å². The lowest BCUT2D eigenvalue weighted by atomic mass is 10.3. The molecule has 118 valence electrons. The third-order valence-corrected chi connectivity index (χ3v) is 4.25. The van der Waals surface area contributed by atoms with Crippen LogP contribution in [0.2, 0.25) is 10.0 Å². The number of nitrogens with one attached hydrogen (secondary N) is 1. The minimum Gasteiger partial charge on any atom is -0.377 e. The highest BCUT2D eigenvalue weighted by Crippen LogP contribution is 2.25. The van der Waals surface area contributed by atoms with Crippen molar-refractivity contribution in [1.82, 2.24) is 9.36 Å². The summed E-state index contributed by atoms with van der Waals surface area (Å²) >= 11 is 13.0.